The molecule has 0 radical (unpaired) electrons. The molecule has 0 saturated heterocycles. The summed E-state index contributed by atoms with van der Waals surface area (Å²) in [7, 11) is 0. The summed E-state index contributed by atoms with van der Waals surface area (Å²) < 4.78 is 2.95. The summed E-state index contributed by atoms with van der Waals surface area (Å²) in [6.45, 7) is 3.71. The molecule has 0 fully saturated rings. The predicted octanol–water partition coefficient (Wildman–Crippen LogP) is 3.53. The molecule has 1 aliphatic rings. The van der Waals surface area contributed by atoms with E-state index in [1.165, 1.54) is 5.56 Å². The van der Waals surface area contributed by atoms with Crippen molar-refractivity contribution in [1.29, 1.82) is 0 Å². The number of aromatic nitrogens is 2. The molecule has 5 heteroatoms. The van der Waals surface area contributed by atoms with E-state index in [9.17, 15) is 4.79 Å². The lowest BCUT2D eigenvalue weighted by Gasteiger charge is -2.21. The number of Topliss-reactive ketones (excluding diaryl/α,β-unsaturated/α-hetero) is 1. The Hall–Kier alpha value is -2.14. The summed E-state index contributed by atoms with van der Waals surface area (Å²) >= 11 is 3.47. The van der Waals surface area contributed by atoms with Crippen molar-refractivity contribution < 1.29 is 4.79 Å². The van der Waals surface area contributed by atoms with Crippen LogP contribution in [0.2, 0.25) is 0 Å². The molecule has 0 amide bonds. The van der Waals surface area contributed by atoms with Crippen LogP contribution in [-0.2, 0) is 6.54 Å². The maximum Gasteiger partial charge on any atom is 0.185 e. The van der Waals surface area contributed by atoms with Crippen molar-refractivity contribution >= 4 is 21.7 Å². The number of hydrogen-bond donors (Lipinski definition) is 0. The number of allylic oxidation sites excluding steroid dienone is 2. The van der Waals surface area contributed by atoms with Crippen LogP contribution in [0.1, 0.15) is 21.6 Å². The maximum absolute atomic E-state index is 12.5. The molecule has 0 N–H and O–H groups in total. The fourth-order valence-corrected chi connectivity index (χ4v) is 3.06. The van der Waals surface area contributed by atoms with E-state index >= 15 is 0 Å². The molecule has 3 rings (SSSR count). The van der Waals surface area contributed by atoms with E-state index in [-0.39, 0.29) is 5.78 Å². The van der Waals surface area contributed by atoms with Gasteiger partial charge in [-0.2, -0.15) is 5.10 Å². The smallest absolute Gasteiger partial charge is 0.185 e. The fourth-order valence-electron chi connectivity index (χ4n) is 2.58. The lowest BCUT2D eigenvalue weighted by molar-refractivity contribution is 0.0958. The van der Waals surface area contributed by atoms with Crippen molar-refractivity contribution in [2.24, 2.45) is 0 Å². The van der Waals surface area contributed by atoms with Gasteiger partial charge in [-0.05, 0) is 30.8 Å². The zero-order chi connectivity index (χ0) is 16.2. The second kappa shape index (κ2) is 6.96. The molecule has 118 valence electrons. The van der Waals surface area contributed by atoms with Crippen LogP contribution >= 0.6 is 15.9 Å². The van der Waals surface area contributed by atoms with Gasteiger partial charge in [0, 0.05) is 16.7 Å². The van der Waals surface area contributed by atoms with E-state index in [0.29, 0.717) is 18.7 Å². The zero-order valence-corrected chi connectivity index (χ0v) is 14.5. The Kier molecular flexibility index (Phi) is 4.76. The molecule has 1 aromatic heterocycles. The van der Waals surface area contributed by atoms with Gasteiger partial charge in [0.2, 0.25) is 0 Å². The van der Waals surface area contributed by atoms with Crippen molar-refractivity contribution in [3.05, 3.63) is 76.2 Å². The fraction of sp³-hybridized carbons (Fsp3) is 0.222. The van der Waals surface area contributed by atoms with E-state index in [1.54, 1.807) is 6.20 Å². The van der Waals surface area contributed by atoms with Crippen LogP contribution in [0.25, 0.3) is 0 Å². The molecule has 23 heavy (non-hydrogen) atoms. The number of carbonyl (C=O) groups excluding carboxylic acids is 1. The van der Waals surface area contributed by atoms with Gasteiger partial charge in [-0.3, -0.25) is 9.48 Å². The monoisotopic (exact) mass is 371 g/mol. The molecule has 0 atom stereocenters. The van der Waals surface area contributed by atoms with E-state index in [1.807, 2.05) is 53.1 Å². The highest BCUT2D eigenvalue weighted by Crippen LogP contribution is 2.15. The molecule has 0 spiro atoms. The highest BCUT2D eigenvalue weighted by molar-refractivity contribution is 9.11. The van der Waals surface area contributed by atoms with Crippen LogP contribution < -0.4 is 0 Å². The molecule has 2 heterocycles. The van der Waals surface area contributed by atoms with E-state index in [4.69, 9.17) is 0 Å². The Bertz CT molecular complexity index is 762. The third-order valence-corrected chi connectivity index (χ3v) is 4.37. The van der Waals surface area contributed by atoms with Gasteiger partial charge >= 0.3 is 0 Å². The summed E-state index contributed by atoms with van der Waals surface area (Å²) in [6.07, 6.45) is 7.54. The number of benzene rings is 1. The number of carbonyl (C=O) groups is 1. The molecule has 4 nitrogen and oxygen atoms in total. The number of nitrogens with zero attached hydrogens (tertiary/aromatic N) is 3. The van der Waals surface area contributed by atoms with Crippen molar-refractivity contribution in [3.8, 4) is 0 Å². The van der Waals surface area contributed by atoms with Crippen molar-refractivity contribution in [2.75, 3.05) is 13.1 Å². The molecule has 1 aliphatic heterocycles. The Morgan fingerprint density at radius 3 is 2.83 bits per heavy atom. The summed E-state index contributed by atoms with van der Waals surface area (Å²) in [5.74, 6) is 0.0914. The Labute approximate surface area is 144 Å². The third-order valence-electron chi connectivity index (χ3n) is 3.85. The topological polar surface area (TPSA) is 38.1 Å². The standard InChI is InChI=1S/C18H18BrN3O/c1-14-17(18(23)13-21-9-5-8-16(19)12-21)10-20-22(14)11-15-6-3-2-4-7-15/h2-10H,11-13H2,1H3. The van der Waals surface area contributed by atoms with Gasteiger partial charge in [-0.15, -0.1) is 0 Å². The van der Waals surface area contributed by atoms with Crippen LogP contribution in [0.3, 0.4) is 0 Å². The highest BCUT2D eigenvalue weighted by atomic mass is 79.9. The van der Waals surface area contributed by atoms with Gasteiger partial charge in [-0.25, -0.2) is 0 Å². The SMILES string of the molecule is Cc1c(C(=O)CN2C=CC=C(Br)C2)cnn1Cc1ccccc1. The normalized spacial score (nSPS) is 14.0. The van der Waals surface area contributed by atoms with Crippen LogP contribution in [0.15, 0.2) is 59.4 Å². The van der Waals surface area contributed by atoms with E-state index < -0.39 is 0 Å². The third kappa shape index (κ3) is 3.79. The van der Waals surface area contributed by atoms with Crippen LogP contribution in [0.5, 0.6) is 0 Å². The van der Waals surface area contributed by atoms with E-state index in [0.717, 1.165) is 16.7 Å². The molecule has 0 aliphatic carbocycles. The average molecular weight is 372 g/mol. The first-order valence-corrected chi connectivity index (χ1v) is 8.29. The lowest BCUT2D eigenvalue weighted by atomic mass is 10.1. The Morgan fingerprint density at radius 2 is 2.09 bits per heavy atom. The van der Waals surface area contributed by atoms with Crippen LogP contribution in [0.4, 0.5) is 0 Å². The molecular formula is C18H18BrN3O. The van der Waals surface area contributed by atoms with Crippen molar-refractivity contribution in [1.82, 2.24) is 14.7 Å². The minimum absolute atomic E-state index is 0.0914. The highest BCUT2D eigenvalue weighted by Gasteiger charge is 2.17. The first-order chi connectivity index (χ1) is 11.1. The van der Waals surface area contributed by atoms with Gasteiger partial charge in [0.25, 0.3) is 0 Å². The summed E-state index contributed by atoms with van der Waals surface area (Å²) in [5, 5.41) is 4.38. The quantitative estimate of drug-likeness (QED) is 0.754. The van der Waals surface area contributed by atoms with Crippen LogP contribution in [0, 0.1) is 6.92 Å². The predicted molar refractivity (Wildman–Crippen MR) is 94.6 cm³/mol. The zero-order valence-electron chi connectivity index (χ0n) is 12.9. The average Bonchev–Trinajstić information content (AvgIpc) is 2.89. The van der Waals surface area contributed by atoms with Crippen LogP contribution in [-0.4, -0.2) is 33.6 Å². The Morgan fingerprint density at radius 1 is 1.30 bits per heavy atom. The van der Waals surface area contributed by atoms with Crippen molar-refractivity contribution in [3.63, 3.8) is 0 Å². The first kappa shape index (κ1) is 15.7. The van der Waals surface area contributed by atoms with Gasteiger partial charge in [0.1, 0.15) is 0 Å². The summed E-state index contributed by atoms with van der Waals surface area (Å²) in [5.41, 5.74) is 2.78. The second-order valence-electron chi connectivity index (χ2n) is 5.57. The first-order valence-electron chi connectivity index (χ1n) is 7.50. The minimum atomic E-state index is 0.0914. The largest absolute Gasteiger partial charge is 0.365 e. The minimum Gasteiger partial charge on any atom is -0.365 e. The molecule has 0 unspecified atom stereocenters. The lowest BCUT2D eigenvalue weighted by Crippen LogP contribution is -2.27. The number of rotatable bonds is 5. The van der Waals surface area contributed by atoms with Gasteiger partial charge in [0.05, 0.1) is 24.8 Å². The molecule has 0 bridgehead atoms. The number of hydrogen-bond acceptors (Lipinski definition) is 3. The van der Waals surface area contributed by atoms with Gasteiger partial charge < -0.3 is 4.90 Å². The summed E-state index contributed by atoms with van der Waals surface area (Å²) in [6, 6.07) is 10.1. The molecule has 2 aromatic rings. The molecule has 1 aromatic carbocycles. The number of ketones is 1. The summed E-state index contributed by atoms with van der Waals surface area (Å²) in [4.78, 5) is 14.5. The molecule has 0 saturated carbocycles. The second-order valence-corrected chi connectivity index (χ2v) is 6.59. The van der Waals surface area contributed by atoms with Crippen molar-refractivity contribution in [2.45, 2.75) is 13.5 Å². The number of halogens is 1. The van der Waals surface area contributed by atoms with Gasteiger partial charge in [0.15, 0.2) is 5.78 Å². The van der Waals surface area contributed by atoms with E-state index in [2.05, 4.69) is 33.2 Å². The maximum atomic E-state index is 12.5. The molecular weight excluding hydrogens is 354 g/mol. The van der Waals surface area contributed by atoms with Gasteiger partial charge in [-0.1, -0.05) is 46.3 Å². The Balaban J connectivity index is 1.70.